The summed E-state index contributed by atoms with van der Waals surface area (Å²) in [5.41, 5.74) is 5.11. The van der Waals surface area contributed by atoms with E-state index in [2.05, 4.69) is 18.2 Å². The van der Waals surface area contributed by atoms with Crippen LogP contribution in [0, 0.1) is 0 Å². The first-order chi connectivity index (χ1) is 11.2. The number of carbonyl (C=O) groups is 1. The van der Waals surface area contributed by atoms with Crippen LogP contribution in [0.4, 0.5) is 0 Å². The van der Waals surface area contributed by atoms with Crippen molar-refractivity contribution in [1.82, 2.24) is 0 Å². The highest BCUT2D eigenvalue weighted by Crippen LogP contribution is 2.37. The lowest BCUT2D eigenvalue weighted by molar-refractivity contribution is -0.136. The molecule has 0 bridgehead atoms. The van der Waals surface area contributed by atoms with Crippen molar-refractivity contribution in [1.29, 1.82) is 0 Å². The van der Waals surface area contributed by atoms with Gasteiger partial charge in [-0.25, -0.2) is 0 Å². The number of rotatable bonds is 2. The van der Waals surface area contributed by atoms with Crippen molar-refractivity contribution in [2.24, 2.45) is 0 Å². The van der Waals surface area contributed by atoms with Crippen LogP contribution in [-0.2, 0) is 17.8 Å². The molecule has 3 rings (SSSR count). The second-order valence-electron chi connectivity index (χ2n) is 5.05. The summed E-state index contributed by atoms with van der Waals surface area (Å²) in [6.07, 6.45) is 2.07. The van der Waals surface area contributed by atoms with E-state index in [1.54, 1.807) is 0 Å². The van der Waals surface area contributed by atoms with Gasteiger partial charge in [-0.3, -0.25) is 4.79 Å². The van der Waals surface area contributed by atoms with E-state index in [4.69, 9.17) is 9.84 Å². The highest BCUT2D eigenvalue weighted by Gasteiger charge is 2.19. The molecule has 0 saturated carbocycles. The number of benzene rings is 2. The second-order valence-corrected chi connectivity index (χ2v) is 5.05. The number of hydrogen-bond donors (Lipinski definition) is 1. The van der Waals surface area contributed by atoms with Crippen LogP contribution in [-0.4, -0.2) is 11.1 Å². The van der Waals surface area contributed by atoms with E-state index in [1.807, 2.05) is 51.1 Å². The molecule has 0 saturated heterocycles. The Kier molecular flexibility index (Phi) is 5.58. The Morgan fingerprint density at radius 1 is 1.17 bits per heavy atom. The van der Waals surface area contributed by atoms with Crippen LogP contribution < -0.4 is 4.74 Å². The molecule has 1 heterocycles. The third-order valence-corrected chi connectivity index (χ3v) is 3.67. The monoisotopic (exact) mass is 310 g/mol. The average Bonchev–Trinajstić information content (AvgIpc) is 2.72. The Hall–Kier alpha value is -2.55. The number of hydrogen-bond acceptors (Lipinski definition) is 2. The minimum Gasteiger partial charge on any atom is -0.488 e. The fraction of sp³-hybridized carbons (Fsp3) is 0.250. The van der Waals surface area contributed by atoms with E-state index < -0.39 is 5.97 Å². The zero-order chi connectivity index (χ0) is 16.8. The molecule has 1 N–H and O–H groups in total. The Balaban J connectivity index is 0.000000924. The summed E-state index contributed by atoms with van der Waals surface area (Å²) in [4.78, 5) is 10.9. The molecule has 2 aromatic carbocycles. The van der Waals surface area contributed by atoms with Crippen molar-refractivity contribution in [2.45, 2.75) is 33.8 Å². The molecule has 3 heteroatoms. The minimum atomic E-state index is -0.827. The van der Waals surface area contributed by atoms with Gasteiger partial charge in [0.15, 0.2) is 0 Å². The molecule has 0 atom stereocenters. The lowest BCUT2D eigenvalue weighted by Gasteiger charge is -2.11. The third-order valence-electron chi connectivity index (χ3n) is 3.67. The van der Waals surface area contributed by atoms with Gasteiger partial charge in [0.1, 0.15) is 12.4 Å². The summed E-state index contributed by atoms with van der Waals surface area (Å²) < 4.78 is 5.88. The maximum atomic E-state index is 10.9. The molecule has 0 fully saturated rings. The molecular formula is C20H22O3. The van der Waals surface area contributed by atoms with Crippen LogP contribution in [0.3, 0.4) is 0 Å². The quantitative estimate of drug-likeness (QED) is 0.875. The van der Waals surface area contributed by atoms with Gasteiger partial charge in [-0.05, 0) is 41.3 Å². The topological polar surface area (TPSA) is 46.5 Å². The molecule has 0 unspecified atom stereocenters. The highest BCUT2D eigenvalue weighted by atomic mass is 16.5. The van der Waals surface area contributed by atoms with Gasteiger partial charge in [0.2, 0.25) is 0 Å². The number of ether oxygens (including phenoxy) is 1. The maximum absolute atomic E-state index is 10.9. The zero-order valence-electron chi connectivity index (χ0n) is 13.8. The number of allylic oxidation sites excluding steroid dienone is 1. The standard InChI is InChI=1S/C18H16O3.C2H6/c1-2-14-15-6-4-3-5-13(15)11-21-17-8-7-12(9-16(14)17)10-18(19)20;1-2/h2-9H,10-11H2,1H3,(H,19,20);1-2H3/b14-2-;. The normalized spacial score (nSPS) is 13.8. The zero-order valence-corrected chi connectivity index (χ0v) is 13.8. The summed E-state index contributed by atoms with van der Waals surface area (Å²) in [7, 11) is 0. The summed E-state index contributed by atoms with van der Waals surface area (Å²) in [6, 6.07) is 13.7. The van der Waals surface area contributed by atoms with Crippen molar-refractivity contribution in [2.75, 3.05) is 0 Å². The summed E-state index contributed by atoms with van der Waals surface area (Å²) in [5.74, 6) is -0.0274. The number of aliphatic carboxylic acids is 1. The Morgan fingerprint density at radius 2 is 1.91 bits per heavy atom. The van der Waals surface area contributed by atoms with Crippen LogP contribution in [0.25, 0.3) is 5.57 Å². The lowest BCUT2D eigenvalue weighted by Crippen LogP contribution is -2.01. The first-order valence-electron chi connectivity index (χ1n) is 7.91. The van der Waals surface area contributed by atoms with Gasteiger partial charge in [0.05, 0.1) is 6.42 Å². The maximum Gasteiger partial charge on any atom is 0.307 e. The molecule has 0 spiro atoms. The highest BCUT2D eigenvalue weighted by molar-refractivity contribution is 5.85. The average molecular weight is 310 g/mol. The van der Waals surface area contributed by atoms with Crippen molar-refractivity contribution in [3.8, 4) is 5.75 Å². The third kappa shape index (κ3) is 3.62. The van der Waals surface area contributed by atoms with Gasteiger partial charge in [-0.1, -0.05) is 50.3 Å². The molecule has 0 radical (unpaired) electrons. The predicted octanol–water partition coefficient (Wildman–Crippen LogP) is 4.68. The van der Waals surface area contributed by atoms with Crippen LogP contribution >= 0.6 is 0 Å². The largest absolute Gasteiger partial charge is 0.488 e. The summed E-state index contributed by atoms with van der Waals surface area (Å²) in [5, 5.41) is 8.96. The first kappa shape index (κ1) is 16.8. The molecule has 0 aromatic heterocycles. The first-order valence-corrected chi connectivity index (χ1v) is 7.91. The molecule has 23 heavy (non-hydrogen) atoms. The Bertz CT molecular complexity index is 729. The van der Waals surface area contributed by atoms with Crippen LogP contribution in [0.5, 0.6) is 5.75 Å². The second kappa shape index (κ2) is 7.63. The molecule has 1 aliphatic heterocycles. The van der Waals surface area contributed by atoms with Crippen LogP contribution in [0.1, 0.15) is 43.0 Å². The minimum absolute atomic E-state index is 0.0198. The molecular weight excluding hydrogens is 288 g/mol. The Morgan fingerprint density at radius 3 is 2.61 bits per heavy atom. The number of carboxylic acids is 1. The van der Waals surface area contributed by atoms with Crippen molar-refractivity contribution < 1.29 is 14.6 Å². The summed E-state index contributed by atoms with van der Waals surface area (Å²) >= 11 is 0. The Labute approximate surface area is 137 Å². The van der Waals surface area contributed by atoms with Crippen molar-refractivity contribution >= 4 is 11.5 Å². The van der Waals surface area contributed by atoms with Gasteiger partial charge in [0.25, 0.3) is 0 Å². The fourth-order valence-electron chi connectivity index (χ4n) is 2.72. The van der Waals surface area contributed by atoms with E-state index in [0.717, 1.165) is 33.6 Å². The lowest BCUT2D eigenvalue weighted by atomic mass is 9.93. The van der Waals surface area contributed by atoms with Crippen molar-refractivity contribution in [3.05, 3.63) is 70.8 Å². The summed E-state index contributed by atoms with van der Waals surface area (Å²) in [6.45, 7) is 6.52. The van der Waals surface area contributed by atoms with E-state index in [-0.39, 0.29) is 6.42 Å². The molecule has 3 nitrogen and oxygen atoms in total. The van der Waals surface area contributed by atoms with Crippen molar-refractivity contribution in [3.63, 3.8) is 0 Å². The molecule has 2 aromatic rings. The van der Waals surface area contributed by atoms with Crippen LogP contribution in [0.2, 0.25) is 0 Å². The molecule has 1 aliphatic rings. The molecule has 120 valence electrons. The van der Waals surface area contributed by atoms with E-state index in [0.29, 0.717) is 6.61 Å². The van der Waals surface area contributed by atoms with Gasteiger partial charge < -0.3 is 9.84 Å². The predicted molar refractivity (Wildman–Crippen MR) is 92.7 cm³/mol. The smallest absolute Gasteiger partial charge is 0.307 e. The number of fused-ring (bicyclic) bond motifs is 2. The fourth-order valence-corrected chi connectivity index (χ4v) is 2.72. The van der Waals surface area contributed by atoms with Gasteiger partial charge in [-0.2, -0.15) is 0 Å². The van der Waals surface area contributed by atoms with E-state index in [9.17, 15) is 4.79 Å². The van der Waals surface area contributed by atoms with Gasteiger partial charge >= 0.3 is 5.97 Å². The molecule has 0 aliphatic carbocycles. The van der Waals surface area contributed by atoms with E-state index >= 15 is 0 Å². The van der Waals surface area contributed by atoms with E-state index in [1.165, 1.54) is 0 Å². The molecule has 0 amide bonds. The van der Waals surface area contributed by atoms with Gasteiger partial charge in [0, 0.05) is 5.56 Å². The van der Waals surface area contributed by atoms with Crippen LogP contribution in [0.15, 0.2) is 48.5 Å². The SMILES string of the molecule is C/C=C1/c2ccccc2COc2ccc(CC(=O)O)cc21.CC. The number of carboxylic acid groups (broad SMARTS) is 1. The van der Waals surface area contributed by atoms with Gasteiger partial charge in [-0.15, -0.1) is 0 Å².